The molecule has 4 nitrogen and oxygen atoms in total. The third-order valence-corrected chi connectivity index (χ3v) is 6.97. The van der Waals surface area contributed by atoms with Crippen LogP contribution in [0.15, 0.2) is 12.1 Å². The summed E-state index contributed by atoms with van der Waals surface area (Å²) in [4.78, 5) is 2.48. The smallest absolute Gasteiger partial charge is 0.161 e. The third kappa shape index (κ3) is 3.61. The van der Waals surface area contributed by atoms with E-state index in [1.54, 1.807) is 14.2 Å². The fraction of sp³-hybridized carbons (Fsp3) is 0.650. The van der Waals surface area contributed by atoms with E-state index in [1.807, 2.05) is 6.07 Å². The normalized spacial score (nSPS) is 26.1. The quantitative estimate of drug-likeness (QED) is 0.598. The number of nitrogens with zero attached hydrogens (tertiary/aromatic N) is 2. The number of benzene rings is 1. The lowest BCUT2D eigenvalue weighted by Gasteiger charge is -2.39. The van der Waals surface area contributed by atoms with Gasteiger partial charge in [-0.25, -0.2) is 0 Å². The number of halogens is 1. The lowest BCUT2D eigenvalue weighted by atomic mass is 9.74. The summed E-state index contributed by atoms with van der Waals surface area (Å²) >= 11 is 2.37. The van der Waals surface area contributed by atoms with Gasteiger partial charge in [-0.15, -0.1) is 0 Å². The van der Waals surface area contributed by atoms with E-state index in [0.29, 0.717) is 5.92 Å². The maximum atomic E-state index is 9.89. The van der Waals surface area contributed by atoms with Gasteiger partial charge in [-0.3, -0.25) is 4.90 Å². The molecule has 2 unspecified atom stereocenters. The van der Waals surface area contributed by atoms with E-state index in [0.717, 1.165) is 43.9 Å². The van der Waals surface area contributed by atoms with Gasteiger partial charge in [0.2, 0.25) is 0 Å². The predicted octanol–water partition coefficient (Wildman–Crippen LogP) is 4.40. The molecule has 1 saturated carbocycles. The van der Waals surface area contributed by atoms with Gasteiger partial charge in [-0.05, 0) is 84.9 Å². The number of aryl methyl sites for hydroxylation is 1. The second-order valence-electron chi connectivity index (χ2n) is 7.16. The van der Waals surface area contributed by atoms with Crippen LogP contribution in [0.4, 0.5) is 0 Å². The summed E-state index contributed by atoms with van der Waals surface area (Å²) < 4.78 is 12.0. The summed E-state index contributed by atoms with van der Waals surface area (Å²) in [6.07, 6.45) is 8.06. The van der Waals surface area contributed by atoms with Gasteiger partial charge in [0.15, 0.2) is 11.5 Å². The third-order valence-electron chi connectivity index (χ3n) is 5.97. The Hall–Kier alpha value is -1.00. The van der Waals surface area contributed by atoms with Crippen LogP contribution in [0.1, 0.15) is 44.1 Å². The van der Waals surface area contributed by atoms with Crippen LogP contribution < -0.4 is 9.47 Å². The largest absolute Gasteiger partial charge is 0.493 e. The van der Waals surface area contributed by atoms with Gasteiger partial charge in [0, 0.05) is 10.1 Å². The summed E-state index contributed by atoms with van der Waals surface area (Å²) in [5.41, 5.74) is 1.12. The first-order valence-corrected chi connectivity index (χ1v) is 10.3. The van der Waals surface area contributed by atoms with E-state index < -0.39 is 0 Å². The molecule has 0 amide bonds. The van der Waals surface area contributed by atoms with Crippen LogP contribution in [0.3, 0.4) is 0 Å². The molecule has 1 aliphatic carbocycles. The Kier molecular flexibility index (Phi) is 6.11. The lowest BCUT2D eigenvalue weighted by Crippen LogP contribution is -2.48. The van der Waals surface area contributed by atoms with Gasteiger partial charge in [0.1, 0.15) is 5.54 Å². The maximum absolute atomic E-state index is 9.89. The summed E-state index contributed by atoms with van der Waals surface area (Å²) in [5.74, 6) is 2.16. The first-order valence-electron chi connectivity index (χ1n) is 9.21. The Labute approximate surface area is 164 Å². The monoisotopic (exact) mass is 454 g/mol. The first kappa shape index (κ1) is 18.8. The molecule has 2 aliphatic rings. The van der Waals surface area contributed by atoms with Gasteiger partial charge >= 0.3 is 0 Å². The van der Waals surface area contributed by atoms with Crippen molar-refractivity contribution in [3.63, 3.8) is 0 Å². The van der Waals surface area contributed by atoms with Crippen LogP contribution in [-0.4, -0.2) is 37.7 Å². The standard InChI is InChI=1S/C20H27IN2O2/c1-24-18-12-15(17(21)13-19(18)25-2)6-5-10-23-11-8-16-7-3-4-9-20(16,23)14-22/h12-13,16H,3-11H2,1-2H3. The zero-order valence-corrected chi connectivity index (χ0v) is 17.3. The van der Waals surface area contributed by atoms with Crippen molar-refractivity contribution < 1.29 is 9.47 Å². The van der Waals surface area contributed by atoms with Gasteiger partial charge in [0.25, 0.3) is 0 Å². The second kappa shape index (κ2) is 8.13. The Morgan fingerprint density at radius 2 is 2.00 bits per heavy atom. The number of hydrogen-bond acceptors (Lipinski definition) is 4. The molecule has 1 heterocycles. The Balaban J connectivity index is 1.64. The molecule has 1 aromatic carbocycles. The highest BCUT2D eigenvalue weighted by atomic mass is 127. The minimum Gasteiger partial charge on any atom is -0.493 e. The molecule has 5 heteroatoms. The average Bonchev–Trinajstić information content (AvgIpc) is 3.01. The minimum absolute atomic E-state index is 0.178. The van der Waals surface area contributed by atoms with E-state index in [9.17, 15) is 5.26 Å². The molecule has 0 bridgehead atoms. The fourth-order valence-electron chi connectivity index (χ4n) is 4.62. The van der Waals surface area contributed by atoms with Gasteiger partial charge in [0.05, 0.1) is 20.3 Å². The molecule has 0 N–H and O–H groups in total. The first-order chi connectivity index (χ1) is 12.1. The number of rotatable bonds is 6. The molecular weight excluding hydrogens is 427 g/mol. The number of fused-ring (bicyclic) bond motifs is 1. The van der Waals surface area contributed by atoms with Crippen LogP contribution in [0.25, 0.3) is 0 Å². The molecule has 0 radical (unpaired) electrons. The molecule has 25 heavy (non-hydrogen) atoms. The fourth-order valence-corrected chi connectivity index (χ4v) is 5.32. The van der Waals surface area contributed by atoms with Crippen LogP contribution in [0.2, 0.25) is 0 Å². The Morgan fingerprint density at radius 3 is 2.72 bits per heavy atom. The summed E-state index contributed by atoms with van der Waals surface area (Å²) in [7, 11) is 3.35. The molecule has 0 aromatic heterocycles. The highest BCUT2D eigenvalue weighted by Crippen LogP contribution is 2.45. The van der Waals surface area contributed by atoms with E-state index in [2.05, 4.69) is 39.6 Å². The van der Waals surface area contributed by atoms with Crippen molar-refractivity contribution in [3.8, 4) is 17.6 Å². The molecule has 1 aromatic rings. The summed E-state index contributed by atoms with van der Waals surface area (Å²) in [6.45, 7) is 2.09. The number of hydrogen-bond donors (Lipinski definition) is 0. The van der Waals surface area contributed by atoms with Crippen LogP contribution in [-0.2, 0) is 6.42 Å². The SMILES string of the molecule is COc1cc(I)c(CCCN2CCC3CCCCC32C#N)cc1OC. The van der Waals surface area contributed by atoms with Crippen LogP contribution in [0.5, 0.6) is 11.5 Å². The Morgan fingerprint density at radius 1 is 1.24 bits per heavy atom. The zero-order chi connectivity index (χ0) is 17.9. The highest BCUT2D eigenvalue weighted by molar-refractivity contribution is 14.1. The van der Waals surface area contributed by atoms with E-state index >= 15 is 0 Å². The van der Waals surface area contributed by atoms with Crippen molar-refractivity contribution in [1.29, 1.82) is 5.26 Å². The predicted molar refractivity (Wildman–Crippen MR) is 107 cm³/mol. The van der Waals surface area contributed by atoms with Crippen LogP contribution >= 0.6 is 22.6 Å². The number of methoxy groups -OCH3 is 2. The lowest BCUT2D eigenvalue weighted by molar-refractivity contribution is 0.115. The minimum atomic E-state index is -0.178. The molecular formula is C20H27IN2O2. The molecule has 1 aliphatic heterocycles. The molecule has 136 valence electrons. The number of ether oxygens (including phenoxy) is 2. The number of nitriles is 1. The molecule has 2 fully saturated rings. The van der Waals surface area contributed by atoms with E-state index in [4.69, 9.17) is 9.47 Å². The topological polar surface area (TPSA) is 45.5 Å². The second-order valence-corrected chi connectivity index (χ2v) is 8.32. The van der Waals surface area contributed by atoms with Crippen molar-refractivity contribution in [2.75, 3.05) is 27.3 Å². The van der Waals surface area contributed by atoms with Crippen molar-refractivity contribution in [1.82, 2.24) is 4.90 Å². The highest BCUT2D eigenvalue weighted by Gasteiger charge is 2.49. The van der Waals surface area contributed by atoms with Gasteiger partial charge < -0.3 is 9.47 Å². The molecule has 1 saturated heterocycles. The maximum Gasteiger partial charge on any atom is 0.161 e. The number of likely N-dealkylation sites (tertiary alicyclic amines) is 1. The molecule has 0 spiro atoms. The summed E-state index contributed by atoms with van der Waals surface area (Å²) in [6, 6.07) is 6.84. The van der Waals surface area contributed by atoms with Crippen molar-refractivity contribution >= 4 is 22.6 Å². The Bertz CT molecular complexity index is 658. The van der Waals surface area contributed by atoms with Crippen molar-refractivity contribution in [2.24, 2.45) is 5.92 Å². The van der Waals surface area contributed by atoms with E-state index in [-0.39, 0.29) is 5.54 Å². The molecule has 3 rings (SSSR count). The van der Waals surface area contributed by atoms with Gasteiger partial charge in [-0.2, -0.15) is 5.26 Å². The van der Waals surface area contributed by atoms with Crippen molar-refractivity contribution in [2.45, 2.75) is 50.5 Å². The molecule has 2 atom stereocenters. The summed E-state index contributed by atoms with van der Waals surface area (Å²) in [5, 5.41) is 9.89. The van der Waals surface area contributed by atoms with Crippen molar-refractivity contribution in [3.05, 3.63) is 21.3 Å². The average molecular weight is 454 g/mol. The van der Waals surface area contributed by atoms with Gasteiger partial charge in [-0.1, -0.05) is 12.8 Å². The van der Waals surface area contributed by atoms with Crippen LogP contribution in [0, 0.1) is 20.8 Å². The van der Waals surface area contributed by atoms with E-state index in [1.165, 1.54) is 34.8 Å². The zero-order valence-electron chi connectivity index (χ0n) is 15.2.